The molecule has 0 fully saturated rings. The van der Waals surface area contributed by atoms with E-state index in [1.165, 1.54) is 19.1 Å². The van der Waals surface area contributed by atoms with Crippen LogP contribution in [-0.2, 0) is 23.9 Å². The first-order chi connectivity index (χ1) is 12.3. The number of esters is 2. The van der Waals surface area contributed by atoms with E-state index in [4.69, 9.17) is 9.47 Å². The number of nitrogens with zero attached hydrogens (tertiary/aromatic N) is 1. The summed E-state index contributed by atoms with van der Waals surface area (Å²) in [4.78, 5) is 39.4. The second-order valence-corrected chi connectivity index (χ2v) is 6.47. The molecule has 6 nitrogen and oxygen atoms in total. The molecule has 0 spiro atoms. The molecule has 1 heterocycles. The molecular weight excluding hydrogens is 334 g/mol. The number of hydrogen-bond acceptors (Lipinski definition) is 5. The first kappa shape index (κ1) is 17.7. The highest BCUT2D eigenvalue weighted by atomic mass is 16.5. The van der Waals surface area contributed by atoms with Gasteiger partial charge in [-0.25, -0.2) is 9.59 Å². The number of hydrogen-bond donors (Lipinski definition) is 0. The Morgan fingerprint density at radius 2 is 1.54 bits per heavy atom. The summed E-state index contributed by atoms with van der Waals surface area (Å²) >= 11 is 0. The van der Waals surface area contributed by atoms with Crippen molar-refractivity contribution in [3.05, 3.63) is 53.7 Å². The maximum absolute atomic E-state index is 13.2. The maximum Gasteiger partial charge on any atom is 0.355 e. The molecule has 2 aromatic rings. The van der Waals surface area contributed by atoms with Gasteiger partial charge in [0.15, 0.2) is 0 Å². The third-order valence-corrected chi connectivity index (χ3v) is 4.60. The Morgan fingerprint density at radius 1 is 0.923 bits per heavy atom. The van der Waals surface area contributed by atoms with Crippen LogP contribution in [0.3, 0.4) is 0 Å². The molecule has 134 valence electrons. The molecule has 2 aromatic carbocycles. The number of benzene rings is 2. The van der Waals surface area contributed by atoms with Gasteiger partial charge in [0.1, 0.15) is 5.70 Å². The van der Waals surface area contributed by atoms with Gasteiger partial charge >= 0.3 is 11.9 Å². The van der Waals surface area contributed by atoms with Crippen molar-refractivity contribution in [1.29, 1.82) is 0 Å². The lowest BCUT2D eigenvalue weighted by Gasteiger charge is -2.23. The Balaban J connectivity index is 2.35. The van der Waals surface area contributed by atoms with Crippen molar-refractivity contribution in [2.45, 2.75) is 13.8 Å². The highest BCUT2D eigenvalue weighted by Gasteiger charge is 2.52. The average molecular weight is 353 g/mol. The van der Waals surface area contributed by atoms with Gasteiger partial charge in [-0.1, -0.05) is 36.4 Å². The van der Waals surface area contributed by atoms with Gasteiger partial charge in [0, 0.05) is 5.39 Å². The molecule has 1 aliphatic heterocycles. The Morgan fingerprint density at radius 3 is 2.19 bits per heavy atom. The zero-order valence-corrected chi connectivity index (χ0v) is 15.0. The molecule has 0 aromatic heterocycles. The molecule has 26 heavy (non-hydrogen) atoms. The van der Waals surface area contributed by atoms with Gasteiger partial charge in [0.25, 0.3) is 0 Å². The van der Waals surface area contributed by atoms with E-state index < -0.39 is 23.3 Å². The van der Waals surface area contributed by atoms with Crippen molar-refractivity contribution in [2.75, 3.05) is 19.1 Å². The van der Waals surface area contributed by atoms with E-state index in [0.29, 0.717) is 5.69 Å². The maximum atomic E-state index is 13.2. The molecule has 0 unspecified atom stereocenters. The quantitative estimate of drug-likeness (QED) is 0.794. The fourth-order valence-corrected chi connectivity index (χ4v) is 3.27. The number of ether oxygens (including phenoxy) is 2. The molecule has 0 aliphatic carbocycles. The lowest BCUT2D eigenvalue weighted by atomic mass is 9.85. The van der Waals surface area contributed by atoms with Crippen LogP contribution in [0.4, 0.5) is 5.69 Å². The van der Waals surface area contributed by atoms with Crippen LogP contribution in [0.5, 0.6) is 0 Å². The predicted octanol–water partition coefficient (Wildman–Crippen LogP) is 2.81. The summed E-state index contributed by atoms with van der Waals surface area (Å²) in [5.74, 6) is -1.89. The van der Waals surface area contributed by atoms with Gasteiger partial charge in [-0.05, 0) is 25.3 Å². The Bertz CT molecular complexity index is 952. The summed E-state index contributed by atoms with van der Waals surface area (Å²) in [5.41, 5.74) is -0.830. The van der Waals surface area contributed by atoms with E-state index in [2.05, 4.69) is 0 Å². The fourth-order valence-electron chi connectivity index (χ4n) is 3.27. The number of fused-ring (bicyclic) bond motifs is 1. The second-order valence-electron chi connectivity index (χ2n) is 6.47. The summed E-state index contributed by atoms with van der Waals surface area (Å²) in [6, 6.07) is 12.9. The van der Waals surface area contributed by atoms with Gasteiger partial charge in [0.05, 0.1) is 30.9 Å². The summed E-state index contributed by atoms with van der Waals surface area (Å²) in [5, 5.41) is 1.69. The molecule has 0 atom stereocenters. The van der Waals surface area contributed by atoms with E-state index in [1.807, 2.05) is 30.3 Å². The fraction of sp³-hybridized carbons (Fsp3) is 0.250. The number of anilines is 1. The molecule has 0 bridgehead atoms. The van der Waals surface area contributed by atoms with Crippen molar-refractivity contribution in [2.24, 2.45) is 5.41 Å². The number of carbonyl (C=O) groups excluding carboxylic acids is 3. The first-order valence-corrected chi connectivity index (χ1v) is 8.08. The summed E-state index contributed by atoms with van der Waals surface area (Å²) in [6.07, 6.45) is 0. The molecule has 3 rings (SSSR count). The SMILES string of the molecule is COC(=O)C1=C(C(=O)OC)C(C)(C)C(=O)N1c1cccc2ccccc12. The van der Waals surface area contributed by atoms with Crippen LogP contribution in [0, 0.1) is 5.41 Å². The van der Waals surface area contributed by atoms with Crippen LogP contribution in [0.15, 0.2) is 53.7 Å². The zero-order chi connectivity index (χ0) is 19.1. The van der Waals surface area contributed by atoms with Crippen molar-refractivity contribution in [1.82, 2.24) is 0 Å². The monoisotopic (exact) mass is 353 g/mol. The first-order valence-electron chi connectivity index (χ1n) is 8.08. The van der Waals surface area contributed by atoms with Crippen LogP contribution in [-0.4, -0.2) is 32.1 Å². The summed E-state index contributed by atoms with van der Waals surface area (Å²) < 4.78 is 9.70. The predicted molar refractivity (Wildman–Crippen MR) is 96.3 cm³/mol. The number of methoxy groups -OCH3 is 2. The molecule has 6 heteroatoms. The number of carbonyl (C=O) groups is 3. The Kier molecular flexibility index (Phi) is 4.28. The Hall–Kier alpha value is -3.15. The van der Waals surface area contributed by atoms with Crippen molar-refractivity contribution in [3.8, 4) is 0 Å². The third kappa shape index (κ3) is 2.45. The smallest absolute Gasteiger partial charge is 0.355 e. The highest BCUT2D eigenvalue weighted by molar-refractivity contribution is 6.22. The van der Waals surface area contributed by atoms with Gasteiger partial charge in [-0.3, -0.25) is 9.69 Å². The number of amides is 1. The second kappa shape index (κ2) is 6.29. The van der Waals surface area contributed by atoms with Crippen molar-refractivity contribution < 1.29 is 23.9 Å². The molecule has 0 saturated heterocycles. The van der Waals surface area contributed by atoms with E-state index in [9.17, 15) is 14.4 Å². The normalized spacial score (nSPS) is 16.2. The minimum atomic E-state index is -1.23. The summed E-state index contributed by atoms with van der Waals surface area (Å²) in [6.45, 7) is 3.19. The molecule has 1 aliphatic rings. The van der Waals surface area contributed by atoms with E-state index in [-0.39, 0.29) is 11.3 Å². The van der Waals surface area contributed by atoms with Crippen molar-refractivity contribution >= 4 is 34.3 Å². The van der Waals surface area contributed by atoms with Crippen LogP contribution in [0.25, 0.3) is 10.8 Å². The topological polar surface area (TPSA) is 72.9 Å². The van der Waals surface area contributed by atoms with Gasteiger partial charge in [-0.15, -0.1) is 0 Å². The van der Waals surface area contributed by atoms with Crippen molar-refractivity contribution in [3.63, 3.8) is 0 Å². The molecule has 0 saturated carbocycles. The number of rotatable bonds is 3. The standard InChI is InChI=1S/C20H19NO5/c1-20(2)15(17(22)25-3)16(18(23)26-4)21(19(20)24)14-11-7-9-12-8-5-6-10-13(12)14/h5-11H,1-4H3. The minimum absolute atomic E-state index is 0.00946. The van der Waals surface area contributed by atoms with Crippen LogP contribution in [0.1, 0.15) is 13.8 Å². The van der Waals surface area contributed by atoms with E-state index >= 15 is 0 Å². The molecule has 1 amide bonds. The minimum Gasteiger partial charge on any atom is -0.466 e. The third-order valence-electron chi connectivity index (χ3n) is 4.60. The lowest BCUT2D eigenvalue weighted by molar-refractivity contribution is -0.140. The van der Waals surface area contributed by atoms with Gasteiger partial charge in [-0.2, -0.15) is 0 Å². The van der Waals surface area contributed by atoms with Gasteiger partial charge in [0.2, 0.25) is 5.91 Å². The molecule has 0 radical (unpaired) electrons. The van der Waals surface area contributed by atoms with Crippen LogP contribution >= 0.6 is 0 Å². The van der Waals surface area contributed by atoms with E-state index in [1.54, 1.807) is 26.0 Å². The summed E-state index contributed by atoms with van der Waals surface area (Å²) in [7, 11) is 2.42. The van der Waals surface area contributed by atoms with E-state index in [0.717, 1.165) is 10.8 Å². The molecular formula is C20H19NO5. The average Bonchev–Trinajstić information content (AvgIpc) is 2.86. The Labute approximate surface area is 151 Å². The van der Waals surface area contributed by atoms with Crippen LogP contribution < -0.4 is 4.90 Å². The van der Waals surface area contributed by atoms with Gasteiger partial charge < -0.3 is 9.47 Å². The highest BCUT2D eigenvalue weighted by Crippen LogP contribution is 2.44. The largest absolute Gasteiger partial charge is 0.466 e. The lowest BCUT2D eigenvalue weighted by Crippen LogP contribution is -2.35. The molecule has 0 N–H and O–H groups in total. The van der Waals surface area contributed by atoms with Crippen LogP contribution in [0.2, 0.25) is 0 Å². The zero-order valence-electron chi connectivity index (χ0n) is 15.0.